The minimum absolute atomic E-state index is 0. The highest BCUT2D eigenvalue weighted by Crippen LogP contribution is 2.12. The van der Waals surface area contributed by atoms with E-state index in [0.29, 0.717) is 24.6 Å². The number of halogens is 1. The molecule has 0 saturated heterocycles. The molecule has 1 N–H and O–H groups in total. The van der Waals surface area contributed by atoms with Gasteiger partial charge in [-0.25, -0.2) is 8.42 Å². The summed E-state index contributed by atoms with van der Waals surface area (Å²) < 4.78 is 29.6. The van der Waals surface area contributed by atoms with Crippen LogP contribution in [0.25, 0.3) is 0 Å². The van der Waals surface area contributed by atoms with Gasteiger partial charge in [0.25, 0.3) is 0 Å². The van der Waals surface area contributed by atoms with Crippen LogP contribution < -0.4 is 10.1 Å². The molecule has 0 aromatic heterocycles. The molecule has 0 heterocycles. The van der Waals surface area contributed by atoms with Crippen molar-refractivity contribution in [2.24, 2.45) is 0 Å². The van der Waals surface area contributed by atoms with Crippen molar-refractivity contribution < 1.29 is 13.2 Å². The summed E-state index contributed by atoms with van der Waals surface area (Å²) in [6, 6.07) is 16.3. The number of sulfone groups is 1. The van der Waals surface area contributed by atoms with Gasteiger partial charge in [-0.1, -0.05) is 30.3 Å². The number of ether oxygens (including phenoxy) is 1. The maximum atomic E-state index is 12.1. The fourth-order valence-corrected chi connectivity index (χ4v) is 3.28. The summed E-state index contributed by atoms with van der Waals surface area (Å²) >= 11 is 0. The highest BCUT2D eigenvalue weighted by molar-refractivity contribution is 7.91. The van der Waals surface area contributed by atoms with Gasteiger partial charge in [-0.15, -0.1) is 12.4 Å². The molecule has 0 radical (unpaired) electrons. The standard InChI is InChI=1S/C17H21NO3S.ClH/c1-2-21-16-10-8-15(9-11-16)14-18-12-13-22(19,20)17-6-4-3-5-7-17;/h3-11,18H,2,12-14H2,1H3;1H. The minimum Gasteiger partial charge on any atom is -0.494 e. The van der Waals surface area contributed by atoms with Crippen LogP contribution in [-0.2, 0) is 16.4 Å². The molecular weight excluding hydrogens is 334 g/mol. The second kappa shape index (κ2) is 9.55. The SMILES string of the molecule is CCOc1ccc(CNCCS(=O)(=O)c2ccccc2)cc1.Cl. The van der Waals surface area contributed by atoms with Crippen LogP contribution >= 0.6 is 12.4 Å². The van der Waals surface area contributed by atoms with E-state index in [0.717, 1.165) is 11.3 Å². The van der Waals surface area contributed by atoms with Crippen LogP contribution in [0.1, 0.15) is 12.5 Å². The summed E-state index contributed by atoms with van der Waals surface area (Å²) in [5.41, 5.74) is 1.10. The van der Waals surface area contributed by atoms with Crippen molar-refractivity contribution in [2.75, 3.05) is 18.9 Å². The number of hydrogen-bond donors (Lipinski definition) is 1. The van der Waals surface area contributed by atoms with Gasteiger partial charge in [-0.2, -0.15) is 0 Å². The van der Waals surface area contributed by atoms with Crippen molar-refractivity contribution in [1.29, 1.82) is 0 Å². The summed E-state index contributed by atoms with van der Waals surface area (Å²) in [6.07, 6.45) is 0. The molecule has 0 saturated carbocycles. The Morgan fingerprint density at radius 1 is 1.00 bits per heavy atom. The molecule has 0 atom stereocenters. The molecule has 2 rings (SSSR count). The normalized spacial score (nSPS) is 10.8. The zero-order valence-electron chi connectivity index (χ0n) is 13.1. The van der Waals surface area contributed by atoms with E-state index in [-0.39, 0.29) is 18.2 Å². The van der Waals surface area contributed by atoms with Gasteiger partial charge in [0.15, 0.2) is 9.84 Å². The van der Waals surface area contributed by atoms with Crippen molar-refractivity contribution in [1.82, 2.24) is 5.32 Å². The van der Waals surface area contributed by atoms with Crippen LogP contribution in [0.5, 0.6) is 5.75 Å². The first-order valence-electron chi connectivity index (χ1n) is 7.32. The lowest BCUT2D eigenvalue weighted by Gasteiger charge is -2.07. The van der Waals surface area contributed by atoms with Gasteiger partial charge >= 0.3 is 0 Å². The van der Waals surface area contributed by atoms with Gasteiger partial charge < -0.3 is 10.1 Å². The quantitative estimate of drug-likeness (QED) is 0.739. The Labute approximate surface area is 144 Å². The maximum Gasteiger partial charge on any atom is 0.179 e. The molecule has 2 aromatic carbocycles. The van der Waals surface area contributed by atoms with Crippen LogP contribution in [0.2, 0.25) is 0 Å². The monoisotopic (exact) mass is 355 g/mol. The first-order chi connectivity index (χ1) is 10.6. The highest BCUT2D eigenvalue weighted by atomic mass is 35.5. The third-order valence-corrected chi connectivity index (χ3v) is 4.95. The number of rotatable bonds is 8. The molecule has 0 aliphatic rings. The van der Waals surface area contributed by atoms with E-state index in [9.17, 15) is 8.42 Å². The Balaban J connectivity index is 0.00000264. The Kier molecular flexibility index (Phi) is 8.09. The van der Waals surface area contributed by atoms with Crippen LogP contribution in [0.15, 0.2) is 59.5 Å². The Hall–Kier alpha value is -1.56. The molecule has 0 fully saturated rings. The molecule has 23 heavy (non-hydrogen) atoms. The molecular formula is C17H22ClNO3S. The molecule has 0 unspecified atom stereocenters. The predicted molar refractivity (Wildman–Crippen MR) is 95.1 cm³/mol. The minimum atomic E-state index is -3.21. The van der Waals surface area contributed by atoms with Gasteiger partial charge in [0.2, 0.25) is 0 Å². The molecule has 6 heteroatoms. The molecule has 0 aliphatic carbocycles. The zero-order chi connectivity index (χ0) is 15.8. The molecule has 4 nitrogen and oxygen atoms in total. The molecule has 0 bridgehead atoms. The lowest BCUT2D eigenvalue weighted by molar-refractivity contribution is 0.340. The van der Waals surface area contributed by atoms with Crippen LogP contribution in [-0.4, -0.2) is 27.3 Å². The second-order valence-corrected chi connectivity index (χ2v) is 6.99. The highest BCUT2D eigenvalue weighted by Gasteiger charge is 2.12. The maximum absolute atomic E-state index is 12.1. The number of hydrogen-bond acceptors (Lipinski definition) is 4. The van der Waals surface area contributed by atoms with Crippen LogP contribution in [0.4, 0.5) is 0 Å². The largest absolute Gasteiger partial charge is 0.494 e. The fourth-order valence-electron chi connectivity index (χ4n) is 2.06. The van der Waals surface area contributed by atoms with E-state index in [1.807, 2.05) is 37.3 Å². The van der Waals surface area contributed by atoms with E-state index in [1.54, 1.807) is 24.3 Å². The van der Waals surface area contributed by atoms with Crippen molar-refractivity contribution in [3.63, 3.8) is 0 Å². The molecule has 0 spiro atoms. The van der Waals surface area contributed by atoms with E-state index in [4.69, 9.17) is 4.74 Å². The van der Waals surface area contributed by atoms with E-state index in [2.05, 4.69) is 5.32 Å². The average Bonchev–Trinajstić information content (AvgIpc) is 2.54. The third kappa shape index (κ3) is 6.22. The van der Waals surface area contributed by atoms with Gasteiger partial charge in [0.1, 0.15) is 5.75 Å². The van der Waals surface area contributed by atoms with Gasteiger partial charge in [-0.3, -0.25) is 0 Å². The van der Waals surface area contributed by atoms with Gasteiger partial charge in [-0.05, 0) is 36.8 Å². The molecule has 126 valence electrons. The van der Waals surface area contributed by atoms with Crippen molar-refractivity contribution in [2.45, 2.75) is 18.4 Å². The molecule has 0 amide bonds. The van der Waals surface area contributed by atoms with Gasteiger partial charge in [0.05, 0.1) is 17.3 Å². The van der Waals surface area contributed by atoms with Gasteiger partial charge in [0, 0.05) is 13.1 Å². The van der Waals surface area contributed by atoms with E-state index in [1.165, 1.54) is 0 Å². The summed E-state index contributed by atoms with van der Waals surface area (Å²) in [4.78, 5) is 0.373. The number of benzene rings is 2. The van der Waals surface area contributed by atoms with Crippen molar-refractivity contribution in [3.8, 4) is 5.75 Å². The lowest BCUT2D eigenvalue weighted by atomic mass is 10.2. The first kappa shape index (κ1) is 19.5. The fraction of sp³-hybridized carbons (Fsp3) is 0.294. The molecule has 0 aliphatic heterocycles. The average molecular weight is 356 g/mol. The van der Waals surface area contributed by atoms with Crippen molar-refractivity contribution in [3.05, 3.63) is 60.2 Å². The number of nitrogens with one attached hydrogen (secondary N) is 1. The predicted octanol–water partition coefficient (Wildman–Crippen LogP) is 3.07. The van der Waals surface area contributed by atoms with E-state index >= 15 is 0 Å². The van der Waals surface area contributed by atoms with Crippen molar-refractivity contribution >= 4 is 22.2 Å². The van der Waals surface area contributed by atoms with Crippen LogP contribution in [0.3, 0.4) is 0 Å². The second-order valence-electron chi connectivity index (χ2n) is 4.89. The Morgan fingerprint density at radius 2 is 1.65 bits per heavy atom. The Morgan fingerprint density at radius 3 is 2.26 bits per heavy atom. The smallest absolute Gasteiger partial charge is 0.179 e. The summed E-state index contributed by atoms with van der Waals surface area (Å²) in [5, 5.41) is 3.16. The summed E-state index contributed by atoms with van der Waals surface area (Å²) in [7, 11) is -3.21. The third-order valence-electron chi connectivity index (χ3n) is 3.21. The Bertz CT molecular complexity index is 673. The topological polar surface area (TPSA) is 55.4 Å². The zero-order valence-corrected chi connectivity index (χ0v) is 14.7. The summed E-state index contributed by atoms with van der Waals surface area (Å²) in [5.74, 6) is 0.937. The molecule has 2 aromatic rings. The summed E-state index contributed by atoms with van der Waals surface area (Å²) in [6.45, 7) is 3.65. The lowest BCUT2D eigenvalue weighted by Crippen LogP contribution is -2.22. The van der Waals surface area contributed by atoms with E-state index < -0.39 is 9.84 Å². The van der Waals surface area contributed by atoms with Crippen LogP contribution in [0, 0.1) is 0 Å². The first-order valence-corrected chi connectivity index (χ1v) is 8.97.